The quantitative estimate of drug-likeness (QED) is 0.0691. The van der Waals surface area contributed by atoms with Crippen LogP contribution in [0.3, 0.4) is 0 Å². The van der Waals surface area contributed by atoms with Gasteiger partial charge in [-0.2, -0.15) is 0 Å². The van der Waals surface area contributed by atoms with Crippen molar-refractivity contribution in [1.29, 1.82) is 0 Å². The molecule has 0 unspecified atom stereocenters. The second-order valence-corrected chi connectivity index (χ2v) is 11.8. The fraction of sp³-hybridized carbons (Fsp3) is 0.385. The molecule has 3 rings (SSSR count). The van der Waals surface area contributed by atoms with Gasteiger partial charge in [-0.3, -0.25) is 0 Å². The van der Waals surface area contributed by atoms with E-state index in [0.29, 0.717) is 41.9 Å². The van der Waals surface area contributed by atoms with Gasteiger partial charge in [0.1, 0.15) is 11.5 Å². The number of ether oxygens (including phenoxy) is 2. The number of hydrogen-bond donors (Lipinski definition) is 2. The van der Waals surface area contributed by atoms with Crippen molar-refractivity contribution in [3.05, 3.63) is 95.6 Å². The Morgan fingerprint density at radius 2 is 1.33 bits per heavy atom. The van der Waals surface area contributed by atoms with Crippen molar-refractivity contribution in [3.8, 4) is 33.8 Å². The highest BCUT2D eigenvalue weighted by Gasteiger charge is 2.20. The maximum Gasteiger partial charge on any atom is 0.338 e. The molecule has 0 fully saturated rings. The molecule has 45 heavy (non-hydrogen) atoms. The van der Waals surface area contributed by atoms with E-state index in [1.165, 1.54) is 24.8 Å². The van der Waals surface area contributed by atoms with Gasteiger partial charge < -0.3 is 19.7 Å². The van der Waals surface area contributed by atoms with Crippen LogP contribution in [0.25, 0.3) is 22.3 Å². The van der Waals surface area contributed by atoms with Gasteiger partial charge in [-0.1, -0.05) is 82.3 Å². The molecule has 0 amide bonds. The van der Waals surface area contributed by atoms with E-state index < -0.39 is 11.9 Å². The number of aryl methyl sites for hydroxylation is 3. The summed E-state index contributed by atoms with van der Waals surface area (Å²) in [7, 11) is 0. The molecule has 0 bridgehead atoms. The van der Waals surface area contributed by atoms with E-state index in [4.69, 9.17) is 9.47 Å². The number of benzene rings is 3. The summed E-state index contributed by atoms with van der Waals surface area (Å²) >= 11 is 0. The number of carbonyl (C=O) groups is 2. The molecule has 6 heteroatoms. The van der Waals surface area contributed by atoms with E-state index >= 15 is 0 Å². The zero-order chi connectivity index (χ0) is 32.9. The molecule has 0 saturated heterocycles. The monoisotopic (exact) mass is 612 g/mol. The van der Waals surface area contributed by atoms with Crippen LogP contribution >= 0.6 is 0 Å². The first-order chi connectivity index (χ1) is 21.6. The van der Waals surface area contributed by atoms with Crippen molar-refractivity contribution in [2.45, 2.75) is 79.1 Å². The van der Waals surface area contributed by atoms with Crippen LogP contribution in [-0.2, 0) is 28.9 Å². The predicted molar refractivity (Wildman–Crippen MR) is 181 cm³/mol. The number of carbonyl (C=O) groups excluding carboxylic acids is 2. The third-order valence-corrected chi connectivity index (χ3v) is 7.97. The summed E-state index contributed by atoms with van der Waals surface area (Å²) in [6, 6.07) is 18.4. The fourth-order valence-corrected chi connectivity index (χ4v) is 5.16. The van der Waals surface area contributed by atoms with Crippen molar-refractivity contribution >= 4 is 11.9 Å². The van der Waals surface area contributed by atoms with Gasteiger partial charge in [-0.25, -0.2) is 9.59 Å². The lowest BCUT2D eigenvalue weighted by molar-refractivity contribution is -0.131. The van der Waals surface area contributed by atoms with Crippen molar-refractivity contribution in [1.82, 2.24) is 0 Å². The highest BCUT2D eigenvalue weighted by molar-refractivity contribution is 5.92. The van der Waals surface area contributed by atoms with Crippen molar-refractivity contribution in [3.63, 3.8) is 0 Å². The minimum absolute atomic E-state index is 0.118. The van der Waals surface area contributed by atoms with Gasteiger partial charge in [0.25, 0.3) is 0 Å². The number of aliphatic hydroxyl groups excluding tert-OH is 2. The number of aliphatic hydroxyl groups is 2. The molecular formula is C39H48O6. The first kappa shape index (κ1) is 35.5. The van der Waals surface area contributed by atoms with Crippen LogP contribution in [-0.4, -0.2) is 35.4 Å². The molecule has 0 aromatic heterocycles. The zero-order valence-electron chi connectivity index (χ0n) is 27.3. The van der Waals surface area contributed by atoms with E-state index in [9.17, 15) is 19.8 Å². The van der Waals surface area contributed by atoms with Gasteiger partial charge in [0, 0.05) is 35.8 Å². The summed E-state index contributed by atoms with van der Waals surface area (Å²) in [4.78, 5) is 25.4. The lowest BCUT2D eigenvalue weighted by Gasteiger charge is -2.19. The third-order valence-electron chi connectivity index (χ3n) is 7.97. The van der Waals surface area contributed by atoms with E-state index in [-0.39, 0.29) is 30.3 Å². The van der Waals surface area contributed by atoms with Crippen LogP contribution in [0.4, 0.5) is 0 Å². The third kappa shape index (κ3) is 10.0. The summed E-state index contributed by atoms with van der Waals surface area (Å²) in [5, 5.41) is 19.0. The van der Waals surface area contributed by atoms with E-state index in [2.05, 4.69) is 63.4 Å². The first-order valence-electron chi connectivity index (χ1n) is 16.0. The van der Waals surface area contributed by atoms with Crippen LogP contribution in [0, 0.1) is 5.92 Å². The summed E-state index contributed by atoms with van der Waals surface area (Å²) < 4.78 is 11.6. The molecule has 3 aromatic carbocycles. The smallest absolute Gasteiger partial charge is 0.338 e. The Morgan fingerprint density at radius 3 is 1.91 bits per heavy atom. The van der Waals surface area contributed by atoms with Gasteiger partial charge in [-0.05, 0) is 97.9 Å². The second-order valence-electron chi connectivity index (χ2n) is 11.8. The summed E-state index contributed by atoms with van der Waals surface area (Å²) in [6.45, 7) is 14.7. The molecule has 0 spiro atoms. The average molecular weight is 613 g/mol. The number of esters is 2. The second kappa shape index (κ2) is 17.5. The average Bonchev–Trinajstić information content (AvgIpc) is 3.04. The van der Waals surface area contributed by atoms with Crippen molar-refractivity contribution in [2.75, 3.05) is 13.2 Å². The zero-order valence-corrected chi connectivity index (χ0v) is 27.3. The lowest BCUT2D eigenvalue weighted by atomic mass is 9.91. The number of unbranched alkanes of at least 4 members (excludes halogenated alkanes) is 2. The molecule has 6 nitrogen and oxygen atoms in total. The maximum absolute atomic E-state index is 12.7. The summed E-state index contributed by atoms with van der Waals surface area (Å²) in [6.07, 6.45) is 7.15. The van der Waals surface area contributed by atoms with Crippen LogP contribution in [0.5, 0.6) is 11.5 Å². The Kier molecular flexibility index (Phi) is 13.8. The Balaban J connectivity index is 2.08. The van der Waals surface area contributed by atoms with Gasteiger partial charge in [0.2, 0.25) is 0 Å². The minimum atomic E-state index is -0.555. The van der Waals surface area contributed by atoms with Crippen molar-refractivity contribution < 1.29 is 29.3 Å². The molecule has 0 saturated carbocycles. The van der Waals surface area contributed by atoms with Gasteiger partial charge in [0.15, 0.2) is 0 Å². The molecule has 3 aromatic rings. The van der Waals surface area contributed by atoms with Gasteiger partial charge in [0.05, 0.1) is 0 Å². The van der Waals surface area contributed by atoms with Crippen LogP contribution < -0.4 is 9.47 Å². The standard InChI is InChI=1S/C39H48O6/c1-7-9-10-12-28-15-17-31(18-16-28)34-20-19-32(21-30(34)8-2)35-23-36(44-38(42)26(3)4)33(14-11-13-29(24-40)25-41)22-37(35)45-39(43)27(5)6/h15-23,29,40-41H,3,5,7-14,24-25H2,1-2,4,6H3. The Hall–Kier alpha value is -4.00. The Morgan fingerprint density at radius 1 is 0.711 bits per heavy atom. The van der Waals surface area contributed by atoms with Crippen LogP contribution in [0.2, 0.25) is 0 Å². The van der Waals surface area contributed by atoms with Crippen molar-refractivity contribution in [2.24, 2.45) is 5.92 Å². The molecule has 240 valence electrons. The van der Waals surface area contributed by atoms with E-state index in [1.807, 2.05) is 6.07 Å². The van der Waals surface area contributed by atoms with Crippen LogP contribution in [0.15, 0.2) is 78.9 Å². The molecule has 0 aliphatic heterocycles. The minimum Gasteiger partial charge on any atom is -0.423 e. The Labute approximate surface area is 268 Å². The molecule has 2 N–H and O–H groups in total. The van der Waals surface area contributed by atoms with Gasteiger partial charge >= 0.3 is 11.9 Å². The topological polar surface area (TPSA) is 93.1 Å². The van der Waals surface area contributed by atoms with E-state index in [1.54, 1.807) is 26.0 Å². The van der Waals surface area contributed by atoms with Gasteiger partial charge in [-0.15, -0.1) is 0 Å². The molecule has 0 aliphatic rings. The van der Waals surface area contributed by atoms with E-state index in [0.717, 1.165) is 35.1 Å². The summed E-state index contributed by atoms with van der Waals surface area (Å²) in [5.74, 6) is -0.672. The molecular weight excluding hydrogens is 564 g/mol. The van der Waals surface area contributed by atoms with Crippen LogP contribution in [0.1, 0.15) is 76.5 Å². The number of hydrogen-bond acceptors (Lipinski definition) is 6. The highest BCUT2D eigenvalue weighted by atomic mass is 16.5. The highest BCUT2D eigenvalue weighted by Crippen LogP contribution is 2.40. The Bertz CT molecular complexity index is 1480. The fourth-order valence-electron chi connectivity index (χ4n) is 5.16. The largest absolute Gasteiger partial charge is 0.423 e. The normalized spacial score (nSPS) is 11.0. The summed E-state index contributed by atoms with van der Waals surface area (Å²) in [5.41, 5.74) is 7.35. The molecule has 0 radical (unpaired) electrons. The molecule has 0 aliphatic carbocycles. The predicted octanol–water partition coefficient (Wildman–Crippen LogP) is 8.20. The molecule has 0 atom stereocenters. The SMILES string of the molecule is C=C(C)C(=O)Oc1cc(-c2ccc(-c3ccc(CCCCC)cc3)c(CC)c2)c(OC(=O)C(=C)C)cc1CCCC(CO)CO. The number of rotatable bonds is 17. The first-order valence-corrected chi connectivity index (χ1v) is 16.0. The lowest BCUT2D eigenvalue weighted by Crippen LogP contribution is -2.13. The maximum atomic E-state index is 12.7. The molecule has 0 heterocycles.